The first-order valence-electron chi connectivity index (χ1n) is 9.22. The van der Waals surface area contributed by atoms with Crippen LogP contribution in [0.5, 0.6) is 0 Å². The standard InChI is InChI=1S/C13H13Cl2NO3.C8H8F3N/c1-13(12(18)19)4-5-16(13)11(17)6-8-2-3-9(14)7-10(8)15;9-8(10,11)7-3-1-6(5-12)2-4-7/h2-3,7H,4-6H2,1H3,(H,18,19);1-4H,5,12H2. The van der Waals surface area contributed by atoms with Crippen molar-refractivity contribution >= 4 is 35.1 Å². The summed E-state index contributed by atoms with van der Waals surface area (Å²) in [5, 5.41) is 10.0. The van der Waals surface area contributed by atoms with Crippen molar-refractivity contribution in [3.63, 3.8) is 0 Å². The van der Waals surface area contributed by atoms with Crippen LogP contribution in [0.3, 0.4) is 0 Å². The van der Waals surface area contributed by atoms with Gasteiger partial charge in [-0.2, -0.15) is 13.2 Å². The number of amides is 1. The zero-order valence-electron chi connectivity index (χ0n) is 16.5. The molecule has 0 aliphatic carbocycles. The van der Waals surface area contributed by atoms with Crippen molar-refractivity contribution in [3.8, 4) is 0 Å². The molecule has 1 aliphatic heterocycles. The number of nitrogens with zero attached hydrogens (tertiary/aromatic N) is 1. The smallest absolute Gasteiger partial charge is 0.416 e. The predicted molar refractivity (Wildman–Crippen MR) is 112 cm³/mol. The summed E-state index contributed by atoms with van der Waals surface area (Å²) in [6, 6.07) is 9.72. The molecule has 1 unspecified atom stereocenters. The van der Waals surface area contributed by atoms with Gasteiger partial charge in [-0.25, -0.2) is 4.79 Å². The molecular formula is C21H21Cl2F3N2O3. The van der Waals surface area contributed by atoms with Gasteiger partial charge in [-0.3, -0.25) is 4.79 Å². The largest absolute Gasteiger partial charge is 0.480 e. The maximum atomic E-state index is 12.1. The molecule has 1 heterocycles. The van der Waals surface area contributed by atoms with Crippen LogP contribution in [0.2, 0.25) is 10.0 Å². The van der Waals surface area contributed by atoms with Crippen LogP contribution in [0.1, 0.15) is 30.0 Å². The summed E-state index contributed by atoms with van der Waals surface area (Å²) in [5.74, 6) is -1.21. The van der Waals surface area contributed by atoms with Crippen molar-refractivity contribution in [2.75, 3.05) is 6.54 Å². The molecule has 0 aromatic heterocycles. The molecule has 1 aliphatic rings. The van der Waals surface area contributed by atoms with Crippen LogP contribution in [0, 0.1) is 0 Å². The normalized spacial score (nSPS) is 18.0. The monoisotopic (exact) mass is 476 g/mol. The van der Waals surface area contributed by atoms with Gasteiger partial charge in [0.15, 0.2) is 0 Å². The van der Waals surface area contributed by atoms with E-state index in [9.17, 15) is 22.8 Å². The molecule has 0 radical (unpaired) electrons. The average Bonchev–Trinajstić information content (AvgIpc) is 2.68. The van der Waals surface area contributed by atoms with Gasteiger partial charge in [0.05, 0.1) is 12.0 Å². The summed E-state index contributed by atoms with van der Waals surface area (Å²) in [6.45, 7) is 2.28. The molecule has 0 spiro atoms. The summed E-state index contributed by atoms with van der Waals surface area (Å²) in [5.41, 5.74) is 4.85. The number of halogens is 5. The van der Waals surface area contributed by atoms with Crippen LogP contribution in [0.4, 0.5) is 13.2 Å². The van der Waals surface area contributed by atoms with Crippen LogP contribution in [0.15, 0.2) is 42.5 Å². The van der Waals surface area contributed by atoms with Crippen LogP contribution in [-0.4, -0.2) is 34.0 Å². The van der Waals surface area contributed by atoms with E-state index in [0.717, 1.165) is 12.1 Å². The lowest BCUT2D eigenvalue weighted by molar-refractivity contribution is -0.168. The number of nitrogens with two attached hydrogens (primary N) is 1. The zero-order valence-corrected chi connectivity index (χ0v) is 18.1. The Morgan fingerprint density at radius 1 is 1.16 bits per heavy atom. The van der Waals surface area contributed by atoms with Crippen molar-refractivity contribution < 1.29 is 27.9 Å². The number of carboxylic acids is 1. The minimum absolute atomic E-state index is 0.0822. The molecule has 31 heavy (non-hydrogen) atoms. The van der Waals surface area contributed by atoms with Crippen molar-refractivity contribution in [1.29, 1.82) is 0 Å². The van der Waals surface area contributed by atoms with Crippen LogP contribution in [-0.2, 0) is 28.7 Å². The second-order valence-corrected chi connectivity index (χ2v) is 8.03. The van der Waals surface area contributed by atoms with Crippen molar-refractivity contribution in [2.45, 2.75) is 38.0 Å². The van der Waals surface area contributed by atoms with Gasteiger partial charge in [0.1, 0.15) is 5.54 Å². The third-order valence-electron chi connectivity index (χ3n) is 5.05. The average molecular weight is 477 g/mol. The number of carboxylic acid groups (broad SMARTS) is 1. The van der Waals surface area contributed by atoms with Gasteiger partial charge in [0, 0.05) is 23.1 Å². The lowest BCUT2D eigenvalue weighted by Crippen LogP contribution is -2.65. The fourth-order valence-electron chi connectivity index (χ4n) is 2.93. The molecule has 10 heteroatoms. The minimum atomic E-state index is -4.26. The summed E-state index contributed by atoms with van der Waals surface area (Å²) >= 11 is 11.8. The Morgan fingerprint density at radius 2 is 1.77 bits per heavy atom. The number of aliphatic carboxylic acids is 1. The van der Waals surface area contributed by atoms with Gasteiger partial charge in [-0.15, -0.1) is 0 Å². The number of carbonyl (C=O) groups is 2. The Hall–Kier alpha value is -2.29. The highest BCUT2D eigenvalue weighted by Gasteiger charge is 2.49. The molecule has 168 valence electrons. The van der Waals surface area contributed by atoms with Gasteiger partial charge in [-0.1, -0.05) is 41.4 Å². The van der Waals surface area contributed by atoms with E-state index in [0.29, 0.717) is 34.1 Å². The third-order valence-corrected chi connectivity index (χ3v) is 5.64. The number of hydrogen-bond donors (Lipinski definition) is 2. The second-order valence-electron chi connectivity index (χ2n) is 7.19. The number of carbonyl (C=O) groups excluding carboxylic acids is 1. The van der Waals surface area contributed by atoms with Crippen molar-refractivity contribution in [2.24, 2.45) is 5.73 Å². The molecule has 1 amide bonds. The SMILES string of the molecule is CC1(C(=O)O)CCN1C(=O)Cc1ccc(Cl)cc1Cl.NCc1ccc(C(F)(F)F)cc1. The summed E-state index contributed by atoms with van der Waals surface area (Å²) < 4.78 is 36.0. The molecule has 0 bridgehead atoms. The van der Waals surface area contributed by atoms with Gasteiger partial charge in [0.25, 0.3) is 0 Å². The molecule has 1 fully saturated rings. The number of hydrogen-bond acceptors (Lipinski definition) is 3. The molecular weight excluding hydrogens is 456 g/mol. The van der Waals surface area contributed by atoms with Gasteiger partial charge in [-0.05, 0) is 48.7 Å². The van der Waals surface area contributed by atoms with Crippen molar-refractivity contribution in [1.82, 2.24) is 4.90 Å². The Bertz CT molecular complexity index is 952. The molecule has 0 saturated carbocycles. The molecule has 3 rings (SSSR count). The van der Waals surface area contributed by atoms with E-state index in [1.54, 1.807) is 25.1 Å². The fourth-order valence-corrected chi connectivity index (χ4v) is 3.41. The molecule has 3 N–H and O–H groups in total. The minimum Gasteiger partial charge on any atom is -0.480 e. The summed E-state index contributed by atoms with van der Waals surface area (Å²) in [6.07, 6.45) is -3.70. The first kappa shape index (κ1) is 25.0. The van der Waals surface area contributed by atoms with Crippen LogP contribution < -0.4 is 5.73 Å². The Morgan fingerprint density at radius 3 is 2.19 bits per heavy atom. The van der Waals surface area contributed by atoms with E-state index < -0.39 is 23.2 Å². The number of alkyl halides is 3. The predicted octanol–water partition coefficient (Wildman–Crippen LogP) is 4.78. The molecule has 2 aromatic rings. The van der Waals surface area contributed by atoms with E-state index in [-0.39, 0.29) is 18.9 Å². The van der Waals surface area contributed by atoms with Crippen LogP contribution >= 0.6 is 23.2 Å². The van der Waals surface area contributed by atoms with E-state index >= 15 is 0 Å². The number of likely N-dealkylation sites (tertiary alicyclic amines) is 1. The number of benzene rings is 2. The maximum Gasteiger partial charge on any atom is 0.416 e. The lowest BCUT2D eigenvalue weighted by Gasteiger charge is -2.47. The maximum absolute atomic E-state index is 12.1. The van der Waals surface area contributed by atoms with Gasteiger partial charge in [0.2, 0.25) is 5.91 Å². The highest BCUT2D eigenvalue weighted by atomic mass is 35.5. The second kappa shape index (κ2) is 9.89. The number of rotatable bonds is 4. The highest BCUT2D eigenvalue weighted by molar-refractivity contribution is 6.35. The van der Waals surface area contributed by atoms with E-state index in [4.69, 9.17) is 34.0 Å². The van der Waals surface area contributed by atoms with E-state index in [1.165, 1.54) is 17.0 Å². The zero-order chi connectivity index (χ0) is 23.4. The summed E-state index contributed by atoms with van der Waals surface area (Å²) in [4.78, 5) is 24.6. The molecule has 2 aromatic carbocycles. The van der Waals surface area contributed by atoms with Gasteiger partial charge >= 0.3 is 12.1 Å². The molecule has 1 atom stereocenters. The van der Waals surface area contributed by atoms with Crippen molar-refractivity contribution in [3.05, 3.63) is 69.2 Å². The topological polar surface area (TPSA) is 83.6 Å². The fraction of sp³-hybridized carbons (Fsp3) is 0.333. The Labute approximate surface area is 187 Å². The van der Waals surface area contributed by atoms with E-state index in [2.05, 4.69) is 0 Å². The summed E-state index contributed by atoms with van der Waals surface area (Å²) in [7, 11) is 0. The Balaban J connectivity index is 0.000000245. The quantitative estimate of drug-likeness (QED) is 0.665. The molecule has 5 nitrogen and oxygen atoms in total. The van der Waals surface area contributed by atoms with E-state index in [1.807, 2.05) is 0 Å². The van der Waals surface area contributed by atoms with Crippen LogP contribution in [0.25, 0.3) is 0 Å². The highest BCUT2D eigenvalue weighted by Crippen LogP contribution is 2.32. The first-order chi connectivity index (χ1) is 14.4. The third kappa shape index (κ3) is 6.12. The van der Waals surface area contributed by atoms with Gasteiger partial charge < -0.3 is 15.7 Å². The first-order valence-corrected chi connectivity index (χ1v) is 9.98. The molecule has 1 saturated heterocycles. The Kier molecular flexibility index (Phi) is 7.97. The lowest BCUT2D eigenvalue weighted by atomic mass is 9.86.